The van der Waals surface area contributed by atoms with Crippen molar-refractivity contribution >= 4 is 17.9 Å². The first-order valence-corrected chi connectivity index (χ1v) is 4.61. The first-order chi connectivity index (χ1) is 8.06. The minimum absolute atomic E-state index is 0.176. The molecular weight excluding hydrogens is 240 g/mol. The molecule has 6 nitrogen and oxygen atoms in total. The number of carboxylic acids is 2. The molecule has 0 aromatic carbocycles. The van der Waals surface area contributed by atoms with Crippen molar-refractivity contribution in [2.24, 2.45) is 0 Å². The molecule has 18 heavy (non-hydrogen) atoms. The third-order valence-corrected chi connectivity index (χ3v) is 0.979. The van der Waals surface area contributed by atoms with E-state index in [0.717, 1.165) is 6.26 Å². The van der Waals surface area contributed by atoms with Crippen molar-refractivity contribution in [2.75, 3.05) is 0 Å². The van der Waals surface area contributed by atoms with Crippen molar-refractivity contribution in [3.05, 3.63) is 37.1 Å². The minimum atomic E-state index is -0.935. The maximum absolute atomic E-state index is 9.75. The van der Waals surface area contributed by atoms with Crippen molar-refractivity contribution in [3.8, 4) is 0 Å². The number of ether oxygens (including phenoxy) is 1. The topological polar surface area (TPSA) is 101 Å². The number of carboxylic acid groups (broad SMARTS) is 2. The first-order valence-electron chi connectivity index (χ1n) is 4.61. The maximum Gasteiger partial charge on any atom is 0.330 e. The van der Waals surface area contributed by atoms with Crippen molar-refractivity contribution in [1.82, 2.24) is 0 Å². The summed E-state index contributed by atoms with van der Waals surface area (Å²) < 4.78 is 4.17. The first kappa shape index (κ1) is 21.0. The summed E-state index contributed by atoms with van der Waals surface area (Å²) in [6.45, 7) is 13.7. The molecule has 0 aromatic heterocycles. The van der Waals surface area contributed by atoms with Crippen LogP contribution in [0.2, 0.25) is 0 Å². The van der Waals surface area contributed by atoms with E-state index >= 15 is 0 Å². The van der Waals surface area contributed by atoms with Crippen LogP contribution in [0, 0.1) is 0 Å². The Morgan fingerprint density at radius 2 is 1.17 bits per heavy atom. The molecule has 0 radical (unpaired) electrons. The quantitative estimate of drug-likeness (QED) is 0.456. The molecule has 102 valence electrons. The lowest BCUT2D eigenvalue weighted by molar-refractivity contribution is -0.135. The molecule has 0 saturated heterocycles. The number of aliphatic carboxylic acids is 2. The fraction of sp³-hybridized carbons (Fsp3) is 0.250. The highest BCUT2D eigenvalue weighted by Crippen LogP contribution is 1.81. The third-order valence-electron chi connectivity index (χ3n) is 0.979. The highest BCUT2D eigenvalue weighted by molar-refractivity contribution is 5.85. The van der Waals surface area contributed by atoms with Crippen LogP contribution in [-0.2, 0) is 19.1 Å². The van der Waals surface area contributed by atoms with Crippen LogP contribution in [0.4, 0.5) is 0 Å². The fourth-order valence-corrected chi connectivity index (χ4v) is 0.117. The Morgan fingerprint density at radius 3 is 1.17 bits per heavy atom. The van der Waals surface area contributed by atoms with Gasteiger partial charge in [-0.3, -0.25) is 4.79 Å². The Kier molecular flexibility index (Phi) is 14.8. The van der Waals surface area contributed by atoms with Gasteiger partial charge in [0.05, 0.1) is 6.26 Å². The smallest absolute Gasteiger partial charge is 0.330 e. The Bertz CT molecular complexity index is 292. The second-order valence-electron chi connectivity index (χ2n) is 2.95. The number of carbonyl (C=O) groups is 3. The lowest BCUT2D eigenvalue weighted by atomic mass is 10.4. The predicted molar refractivity (Wildman–Crippen MR) is 66.9 cm³/mol. The van der Waals surface area contributed by atoms with Gasteiger partial charge in [0, 0.05) is 18.1 Å². The molecule has 0 rings (SSSR count). The molecule has 0 unspecified atom stereocenters. The summed E-state index contributed by atoms with van der Waals surface area (Å²) in [5.41, 5.74) is 0.352. The largest absolute Gasteiger partial charge is 0.478 e. The molecule has 0 aliphatic heterocycles. The fourth-order valence-electron chi connectivity index (χ4n) is 0.117. The Labute approximate surface area is 106 Å². The normalized spacial score (nSPS) is 7.28. The van der Waals surface area contributed by atoms with Crippen LogP contribution in [0.1, 0.15) is 20.8 Å². The van der Waals surface area contributed by atoms with E-state index in [1.54, 1.807) is 0 Å². The average Bonchev–Trinajstić information content (AvgIpc) is 2.18. The SMILES string of the molecule is C=C(C)C(=O)O.C=C(C)C(=O)O.C=COC(C)=O. The van der Waals surface area contributed by atoms with Crippen LogP contribution in [0.15, 0.2) is 37.1 Å². The zero-order valence-corrected chi connectivity index (χ0v) is 10.7. The molecule has 2 N–H and O–H groups in total. The van der Waals surface area contributed by atoms with Crippen molar-refractivity contribution < 1.29 is 29.3 Å². The van der Waals surface area contributed by atoms with E-state index in [0.29, 0.717) is 0 Å². The highest BCUT2D eigenvalue weighted by atomic mass is 16.5. The molecule has 0 saturated carbocycles. The van der Waals surface area contributed by atoms with E-state index in [2.05, 4.69) is 24.5 Å². The molecule has 0 heterocycles. The van der Waals surface area contributed by atoms with Gasteiger partial charge < -0.3 is 14.9 Å². The molecule has 0 amide bonds. The number of rotatable bonds is 3. The Hall–Kier alpha value is -2.37. The lowest BCUT2D eigenvalue weighted by Gasteiger charge is -1.83. The summed E-state index contributed by atoms with van der Waals surface area (Å²) in [7, 11) is 0. The number of esters is 1. The second kappa shape index (κ2) is 12.7. The van der Waals surface area contributed by atoms with Gasteiger partial charge in [0.25, 0.3) is 0 Å². The molecule has 0 fully saturated rings. The van der Waals surface area contributed by atoms with Gasteiger partial charge >= 0.3 is 17.9 Å². The van der Waals surface area contributed by atoms with Crippen LogP contribution in [0.3, 0.4) is 0 Å². The van der Waals surface area contributed by atoms with Crippen molar-refractivity contribution in [1.29, 1.82) is 0 Å². The van der Waals surface area contributed by atoms with Gasteiger partial charge in [0.15, 0.2) is 0 Å². The lowest BCUT2D eigenvalue weighted by Crippen LogP contribution is -1.92. The van der Waals surface area contributed by atoms with Gasteiger partial charge in [-0.15, -0.1) is 0 Å². The Morgan fingerprint density at radius 1 is 0.944 bits per heavy atom. The van der Waals surface area contributed by atoms with Gasteiger partial charge in [0.1, 0.15) is 0 Å². The summed E-state index contributed by atoms with van der Waals surface area (Å²) >= 11 is 0. The molecule has 0 aliphatic rings. The van der Waals surface area contributed by atoms with E-state index < -0.39 is 11.9 Å². The zero-order valence-electron chi connectivity index (χ0n) is 10.7. The van der Waals surface area contributed by atoms with E-state index in [1.165, 1.54) is 20.8 Å². The van der Waals surface area contributed by atoms with Crippen molar-refractivity contribution in [3.63, 3.8) is 0 Å². The number of carbonyl (C=O) groups excluding carboxylic acids is 1. The molecule has 0 aliphatic carbocycles. The van der Waals surface area contributed by atoms with Gasteiger partial charge in [-0.1, -0.05) is 19.7 Å². The Balaban J connectivity index is -0.000000187. The molecule has 6 heteroatoms. The predicted octanol–water partition coefficient (Wildman–Crippen LogP) is 1.99. The summed E-state index contributed by atoms with van der Waals surface area (Å²) in [5, 5.41) is 15.8. The van der Waals surface area contributed by atoms with Crippen LogP contribution < -0.4 is 0 Å². The van der Waals surface area contributed by atoms with Gasteiger partial charge in [0.2, 0.25) is 0 Å². The van der Waals surface area contributed by atoms with Crippen LogP contribution in [-0.4, -0.2) is 28.1 Å². The average molecular weight is 258 g/mol. The number of hydrogen-bond donors (Lipinski definition) is 2. The van der Waals surface area contributed by atoms with E-state index in [9.17, 15) is 14.4 Å². The molecule has 0 spiro atoms. The summed E-state index contributed by atoms with van der Waals surface area (Å²) in [6, 6.07) is 0. The van der Waals surface area contributed by atoms with Gasteiger partial charge in [-0.05, 0) is 13.8 Å². The third kappa shape index (κ3) is 29.2. The second-order valence-corrected chi connectivity index (χ2v) is 2.95. The van der Waals surface area contributed by atoms with E-state index in [4.69, 9.17) is 10.2 Å². The summed E-state index contributed by atoms with van der Waals surface area (Å²) in [6.07, 6.45) is 1.10. The van der Waals surface area contributed by atoms with Crippen LogP contribution in [0.25, 0.3) is 0 Å². The zero-order chi connectivity index (χ0) is 15.3. The maximum atomic E-state index is 9.75. The minimum Gasteiger partial charge on any atom is -0.478 e. The van der Waals surface area contributed by atoms with Crippen LogP contribution >= 0.6 is 0 Å². The van der Waals surface area contributed by atoms with Crippen LogP contribution in [0.5, 0.6) is 0 Å². The molecule has 0 atom stereocenters. The highest BCUT2D eigenvalue weighted by Gasteiger charge is 1.90. The summed E-state index contributed by atoms with van der Waals surface area (Å²) in [5.74, 6) is -2.20. The molecule has 0 bridgehead atoms. The molecule has 0 aromatic rings. The summed E-state index contributed by atoms with van der Waals surface area (Å²) in [4.78, 5) is 28.9. The molecular formula is C12H18O6. The van der Waals surface area contributed by atoms with Gasteiger partial charge in [-0.25, -0.2) is 9.59 Å². The monoisotopic (exact) mass is 258 g/mol. The van der Waals surface area contributed by atoms with E-state index in [1.807, 2.05) is 0 Å². The standard InChI is InChI=1S/3C4H6O2/c1-3-6-4(2)5;2*1-3(2)4(5)6/h3H,1H2,2H3;2*1H2,2H3,(H,5,6). The van der Waals surface area contributed by atoms with Gasteiger partial charge in [-0.2, -0.15) is 0 Å². The van der Waals surface area contributed by atoms with E-state index in [-0.39, 0.29) is 17.1 Å². The van der Waals surface area contributed by atoms with Crippen molar-refractivity contribution in [2.45, 2.75) is 20.8 Å². The number of hydrogen-bond acceptors (Lipinski definition) is 4.